The number of aliphatic carboxylic acids is 1. The van der Waals surface area contributed by atoms with Crippen LogP contribution in [0.25, 0.3) is 0 Å². The van der Waals surface area contributed by atoms with Gasteiger partial charge >= 0.3 is 6.18 Å². The molecule has 0 aliphatic carbocycles. The molecule has 0 bridgehead atoms. The Balaban J connectivity index is 0. The minimum atomic E-state index is -5.19. The molecule has 0 aliphatic rings. The highest BCUT2D eigenvalue weighted by Crippen LogP contribution is 2.17. The topological polar surface area (TPSA) is 61.8 Å². The molecule has 0 amide bonds. The van der Waals surface area contributed by atoms with Gasteiger partial charge in [-0.1, -0.05) is 33.8 Å². The molecule has 26 heavy (non-hydrogen) atoms. The lowest BCUT2D eigenvalue weighted by Crippen LogP contribution is -2.37. The van der Waals surface area contributed by atoms with E-state index in [2.05, 4.69) is 18.7 Å². The van der Waals surface area contributed by atoms with Gasteiger partial charge in [0.05, 0.1) is 0 Å². The fourth-order valence-corrected chi connectivity index (χ4v) is 1.40. The summed E-state index contributed by atoms with van der Waals surface area (Å²) in [6.07, 6.45) is -5.19. The van der Waals surface area contributed by atoms with Crippen LogP contribution in [0.3, 0.4) is 0 Å². The zero-order valence-corrected chi connectivity index (χ0v) is 15.7. The van der Waals surface area contributed by atoms with Crippen LogP contribution in [0.15, 0.2) is 18.2 Å². The highest BCUT2D eigenvalue weighted by atomic mass is 19.4. The smallest absolute Gasteiger partial charge is 0.430 e. The second-order valence-corrected chi connectivity index (χ2v) is 4.62. The van der Waals surface area contributed by atoms with Gasteiger partial charge in [0.25, 0.3) is 0 Å². The summed E-state index contributed by atoms with van der Waals surface area (Å²) in [5.41, 5.74) is 0.874. The van der Waals surface area contributed by atoms with Crippen LogP contribution in [0.5, 0.6) is 5.75 Å². The summed E-state index contributed by atoms with van der Waals surface area (Å²) in [5.74, 6) is -3.13. The number of hydrogen-bond acceptors (Lipinski definition) is 5. The Morgan fingerprint density at radius 3 is 2.08 bits per heavy atom. The largest absolute Gasteiger partial charge is 0.542 e. The van der Waals surface area contributed by atoms with Gasteiger partial charge in [0.1, 0.15) is 12.7 Å². The number of halogens is 4. The molecule has 9 heteroatoms. The first-order chi connectivity index (χ1) is 12.1. The van der Waals surface area contributed by atoms with Crippen molar-refractivity contribution in [3.63, 3.8) is 0 Å². The van der Waals surface area contributed by atoms with Gasteiger partial charge in [-0.3, -0.25) is 4.90 Å². The first-order valence-corrected chi connectivity index (χ1v) is 8.09. The summed E-state index contributed by atoms with van der Waals surface area (Å²) >= 11 is 0. The molecular weight excluding hydrogens is 358 g/mol. The number of ether oxygens (including phenoxy) is 2. The third kappa shape index (κ3) is 12.5. The number of carboxylic acid groups (broad SMARTS) is 1. The Hall–Kier alpha value is -1.87. The molecule has 0 radical (unpaired) electrons. The first-order valence-electron chi connectivity index (χ1n) is 8.09. The number of benzene rings is 1. The Bertz CT molecular complexity index is 506. The summed E-state index contributed by atoms with van der Waals surface area (Å²) in [7, 11) is 0. The maximum Gasteiger partial charge on any atom is 0.430 e. The quantitative estimate of drug-likeness (QED) is 0.411. The van der Waals surface area contributed by atoms with Crippen molar-refractivity contribution in [3.05, 3.63) is 29.6 Å². The van der Waals surface area contributed by atoms with Crippen molar-refractivity contribution < 1.29 is 36.9 Å². The maximum atomic E-state index is 13.4. The van der Waals surface area contributed by atoms with Crippen molar-refractivity contribution in [2.75, 3.05) is 26.6 Å². The Morgan fingerprint density at radius 2 is 1.69 bits per heavy atom. The first kappa shape index (κ1) is 26.4. The van der Waals surface area contributed by atoms with Crippen molar-refractivity contribution in [2.45, 2.75) is 40.8 Å². The van der Waals surface area contributed by atoms with Gasteiger partial charge in [0.15, 0.2) is 18.4 Å². The van der Waals surface area contributed by atoms with E-state index in [-0.39, 0.29) is 18.4 Å². The van der Waals surface area contributed by atoms with Gasteiger partial charge < -0.3 is 19.4 Å². The Labute approximate surface area is 151 Å². The number of nitrogens with zero attached hydrogens (tertiary/aromatic N) is 1. The summed E-state index contributed by atoms with van der Waals surface area (Å²) in [6.45, 7) is 12.4. The van der Waals surface area contributed by atoms with E-state index in [1.165, 1.54) is 6.07 Å². The lowest BCUT2D eigenvalue weighted by Gasteiger charge is -2.18. The van der Waals surface area contributed by atoms with Crippen LogP contribution in [0, 0.1) is 12.7 Å². The molecule has 0 aliphatic heterocycles. The van der Waals surface area contributed by atoms with Crippen molar-refractivity contribution in [1.29, 1.82) is 0 Å². The molecule has 0 saturated heterocycles. The lowest BCUT2D eigenvalue weighted by molar-refractivity contribution is -0.344. The van der Waals surface area contributed by atoms with Crippen LogP contribution in [0.4, 0.5) is 17.6 Å². The molecule has 152 valence electrons. The average Bonchev–Trinajstić information content (AvgIpc) is 2.58. The van der Waals surface area contributed by atoms with Gasteiger partial charge in [-0.2, -0.15) is 13.2 Å². The van der Waals surface area contributed by atoms with E-state index >= 15 is 0 Å². The highest BCUT2D eigenvalue weighted by Gasteiger charge is 2.28. The Kier molecular flexibility index (Phi) is 14.5. The molecule has 0 spiro atoms. The van der Waals surface area contributed by atoms with Crippen LogP contribution in [-0.4, -0.2) is 43.7 Å². The van der Waals surface area contributed by atoms with Gasteiger partial charge in [-0.05, 0) is 37.7 Å². The number of carbonyl (C=O) groups excluding carboxylic acids is 1. The number of hydrogen-bond donors (Lipinski definition) is 0. The number of alkyl halides is 3. The zero-order chi connectivity index (χ0) is 20.8. The number of carboxylic acids is 1. The van der Waals surface area contributed by atoms with E-state index in [9.17, 15) is 17.6 Å². The molecular formula is C17H26F4NO4-. The van der Waals surface area contributed by atoms with E-state index in [0.29, 0.717) is 6.73 Å². The molecule has 0 saturated carbocycles. The van der Waals surface area contributed by atoms with Crippen molar-refractivity contribution in [2.24, 2.45) is 0 Å². The van der Waals surface area contributed by atoms with E-state index in [1.807, 2.05) is 26.8 Å². The number of carbonyl (C=O) groups is 1. The predicted molar refractivity (Wildman–Crippen MR) is 87.9 cm³/mol. The van der Waals surface area contributed by atoms with Crippen LogP contribution < -0.4 is 9.84 Å². The monoisotopic (exact) mass is 384 g/mol. The van der Waals surface area contributed by atoms with Crippen LogP contribution in [-0.2, 0) is 9.53 Å². The third-order valence-electron chi connectivity index (χ3n) is 2.78. The maximum absolute atomic E-state index is 13.4. The van der Waals surface area contributed by atoms with E-state index < -0.39 is 12.1 Å². The Morgan fingerprint density at radius 1 is 1.19 bits per heavy atom. The lowest BCUT2D eigenvalue weighted by atomic mass is 10.2. The van der Waals surface area contributed by atoms with Crippen molar-refractivity contribution >= 4 is 5.97 Å². The molecule has 5 nitrogen and oxygen atoms in total. The summed E-state index contributed by atoms with van der Waals surface area (Å²) in [6, 6.07) is 4.87. The molecule has 1 rings (SSSR count). The fourth-order valence-electron chi connectivity index (χ4n) is 1.40. The summed E-state index contributed by atoms with van der Waals surface area (Å²) in [4.78, 5) is 10.9. The van der Waals surface area contributed by atoms with Crippen LogP contribution >= 0.6 is 0 Å². The third-order valence-corrected chi connectivity index (χ3v) is 2.78. The fraction of sp³-hybridized carbons (Fsp3) is 0.588. The second-order valence-electron chi connectivity index (χ2n) is 4.62. The predicted octanol–water partition coefficient (Wildman–Crippen LogP) is 3.11. The summed E-state index contributed by atoms with van der Waals surface area (Å²) in [5, 5.41) is 8.78. The molecule has 0 heterocycles. The molecule has 1 aromatic rings. The molecule has 0 unspecified atom stereocenters. The molecule has 0 fully saturated rings. The normalized spacial score (nSPS) is 10.4. The minimum absolute atomic E-state index is 0.0660. The van der Waals surface area contributed by atoms with Gasteiger partial charge in [0, 0.05) is 0 Å². The van der Waals surface area contributed by atoms with Crippen LogP contribution in [0.2, 0.25) is 0 Å². The average molecular weight is 384 g/mol. The second kappa shape index (κ2) is 14.3. The highest BCUT2D eigenvalue weighted by molar-refractivity contribution is 5.70. The SMILES string of the molecule is CC.CCN(CC)COCOc1ccc(C)cc1F.O=C([O-])C(F)(F)F. The molecule has 0 atom stereocenters. The van der Waals surface area contributed by atoms with Crippen molar-refractivity contribution in [3.8, 4) is 5.75 Å². The number of aryl methyl sites for hydroxylation is 1. The van der Waals surface area contributed by atoms with Gasteiger partial charge in [0.2, 0.25) is 0 Å². The molecule has 0 aromatic heterocycles. The van der Waals surface area contributed by atoms with Crippen LogP contribution in [0.1, 0.15) is 33.3 Å². The summed E-state index contributed by atoms with van der Waals surface area (Å²) < 4.78 is 55.4. The number of rotatable bonds is 7. The van der Waals surface area contributed by atoms with Crippen molar-refractivity contribution in [1.82, 2.24) is 4.90 Å². The van der Waals surface area contributed by atoms with Gasteiger partial charge in [-0.25, -0.2) is 4.39 Å². The van der Waals surface area contributed by atoms with Gasteiger partial charge in [-0.15, -0.1) is 0 Å². The zero-order valence-electron chi connectivity index (χ0n) is 15.7. The minimum Gasteiger partial charge on any atom is -0.542 e. The van der Waals surface area contributed by atoms with E-state index in [0.717, 1.165) is 18.7 Å². The standard InChI is InChI=1S/C13H20FNO2.C2HF3O2.C2H6/c1-4-15(5-2)9-16-10-17-13-7-6-11(3)8-12(13)14;3-2(4,5)1(6)7;1-2/h6-8H,4-5,9-10H2,1-3H3;(H,6,7);1-2H3/p-1. The van der Waals surface area contributed by atoms with E-state index in [4.69, 9.17) is 19.4 Å². The van der Waals surface area contributed by atoms with E-state index in [1.54, 1.807) is 6.07 Å². The molecule has 1 aromatic carbocycles. The molecule has 0 N–H and O–H groups in total.